The van der Waals surface area contributed by atoms with E-state index >= 15 is 0 Å². The molecule has 1 aromatic heterocycles. The second-order valence-electron chi connectivity index (χ2n) is 5.41. The maximum Gasteiger partial charge on any atom is 0.359 e. The van der Waals surface area contributed by atoms with Crippen molar-refractivity contribution in [2.75, 3.05) is 23.4 Å². The molecule has 1 aromatic carbocycles. The van der Waals surface area contributed by atoms with E-state index in [1.165, 1.54) is 18.6 Å². The van der Waals surface area contributed by atoms with Gasteiger partial charge in [-0.3, -0.25) is 14.6 Å². The number of hydrogen-bond acceptors (Lipinski definition) is 6. The van der Waals surface area contributed by atoms with Gasteiger partial charge >= 0.3 is 5.97 Å². The SMILES string of the molecule is O=C(COC(=O)c1cnccn1)Nc1ccc(N2CCCC2=O)cc1. The summed E-state index contributed by atoms with van der Waals surface area (Å²) < 4.78 is 4.87. The van der Waals surface area contributed by atoms with Gasteiger partial charge in [0.05, 0.1) is 6.20 Å². The number of benzene rings is 1. The molecule has 2 aromatic rings. The maximum absolute atomic E-state index is 11.9. The summed E-state index contributed by atoms with van der Waals surface area (Å²) in [6, 6.07) is 6.93. The van der Waals surface area contributed by atoms with E-state index in [4.69, 9.17) is 4.74 Å². The highest BCUT2D eigenvalue weighted by atomic mass is 16.5. The largest absolute Gasteiger partial charge is 0.451 e. The lowest BCUT2D eigenvalue weighted by Crippen LogP contribution is -2.24. The van der Waals surface area contributed by atoms with E-state index in [0.717, 1.165) is 12.1 Å². The van der Waals surface area contributed by atoms with Crippen LogP contribution in [0.1, 0.15) is 23.3 Å². The molecule has 3 rings (SSSR count). The molecule has 8 nitrogen and oxygen atoms in total. The van der Waals surface area contributed by atoms with Crippen LogP contribution in [0.4, 0.5) is 11.4 Å². The Balaban J connectivity index is 1.51. The fraction of sp³-hybridized carbons (Fsp3) is 0.235. The summed E-state index contributed by atoms with van der Waals surface area (Å²) in [5, 5.41) is 2.62. The number of nitrogens with one attached hydrogen (secondary N) is 1. The third kappa shape index (κ3) is 4.17. The zero-order valence-corrected chi connectivity index (χ0v) is 13.3. The molecule has 0 aliphatic carbocycles. The molecule has 0 unspecified atom stereocenters. The van der Waals surface area contributed by atoms with Crippen LogP contribution in [0.5, 0.6) is 0 Å². The Morgan fingerprint density at radius 2 is 2.00 bits per heavy atom. The lowest BCUT2D eigenvalue weighted by Gasteiger charge is -2.16. The molecule has 1 fully saturated rings. The minimum absolute atomic E-state index is 0.0370. The summed E-state index contributed by atoms with van der Waals surface area (Å²) in [5.41, 5.74) is 1.39. The molecular weight excluding hydrogens is 324 g/mol. The van der Waals surface area contributed by atoms with Crippen LogP contribution < -0.4 is 10.2 Å². The van der Waals surface area contributed by atoms with Gasteiger partial charge < -0.3 is 15.0 Å². The number of esters is 1. The van der Waals surface area contributed by atoms with Gasteiger partial charge in [0.1, 0.15) is 0 Å². The van der Waals surface area contributed by atoms with Crippen LogP contribution in [0.25, 0.3) is 0 Å². The maximum atomic E-state index is 11.9. The first-order chi connectivity index (χ1) is 12.1. The fourth-order valence-corrected chi connectivity index (χ4v) is 2.45. The van der Waals surface area contributed by atoms with Gasteiger partial charge in [0.2, 0.25) is 5.91 Å². The van der Waals surface area contributed by atoms with Crippen molar-refractivity contribution in [1.82, 2.24) is 9.97 Å². The molecule has 8 heteroatoms. The van der Waals surface area contributed by atoms with Crippen molar-refractivity contribution >= 4 is 29.2 Å². The number of amides is 2. The highest BCUT2D eigenvalue weighted by Gasteiger charge is 2.21. The van der Waals surface area contributed by atoms with Crippen LogP contribution in [0.3, 0.4) is 0 Å². The van der Waals surface area contributed by atoms with E-state index in [0.29, 0.717) is 18.7 Å². The topological polar surface area (TPSA) is 101 Å². The summed E-state index contributed by atoms with van der Waals surface area (Å²) in [4.78, 5) is 44.5. The first kappa shape index (κ1) is 16.6. The van der Waals surface area contributed by atoms with E-state index in [2.05, 4.69) is 15.3 Å². The average molecular weight is 340 g/mol. The Bertz CT molecular complexity index is 777. The van der Waals surface area contributed by atoms with Crippen molar-refractivity contribution in [3.8, 4) is 0 Å². The first-order valence-corrected chi connectivity index (χ1v) is 7.77. The van der Waals surface area contributed by atoms with E-state index < -0.39 is 18.5 Å². The Morgan fingerprint density at radius 3 is 2.64 bits per heavy atom. The number of nitrogens with zero attached hydrogens (tertiary/aromatic N) is 3. The minimum atomic E-state index is -0.717. The molecule has 0 bridgehead atoms. The molecule has 1 N–H and O–H groups in total. The third-order valence-corrected chi connectivity index (χ3v) is 3.64. The first-order valence-electron chi connectivity index (χ1n) is 7.77. The molecule has 0 saturated carbocycles. The Hall–Kier alpha value is -3.29. The predicted octanol–water partition coefficient (Wildman–Crippen LogP) is 1.40. The van der Waals surface area contributed by atoms with Gasteiger partial charge in [-0.05, 0) is 30.7 Å². The molecule has 0 spiro atoms. The summed E-state index contributed by atoms with van der Waals surface area (Å²) in [6.45, 7) is 0.282. The summed E-state index contributed by atoms with van der Waals surface area (Å²) >= 11 is 0. The molecule has 1 saturated heterocycles. The van der Waals surface area contributed by atoms with Gasteiger partial charge in [-0.25, -0.2) is 9.78 Å². The normalized spacial score (nSPS) is 13.6. The molecule has 2 heterocycles. The van der Waals surface area contributed by atoms with Gasteiger partial charge in [-0.15, -0.1) is 0 Å². The Morgan fingerprint density at radius 1 is 1.20 bits per heavy atom. The number of carbonyl (C=O) groups is 3. The van der Waals surface area contributed by atoms with Gasteiger partial charge in [0, 0.05) is 36.7 Å². The quantitative estimate of drug-likeness (QED) is 0.826. The van der Waals surface area contributed by atoms with Crippen molar-refractivity contribution in [3.63, 3.8) is 0 Å². The van der Waals surface area contributed by atoms with Crippen molar-refractivity contribution in [3.05, 3.63) is 48.5 Å². The van der Waals surface area contributed by atoms with E-state index in [1.54, 1.807) is 29.2 Å². The summed E-state index contributed by atoms with van der Waals surface area (Å²) in [7, 11) is 0. The lowest BCUT2D eigenvalue weighted by atomic mass is 10.2. The zero-order valence-electron chi connectivity index (χ0n) is 13.3. The van der Waals surface area contributed by atoms with Crippen molar-refractivity contribution in [2.24, 2.45) is 0 Å². The van der Waals surface area contributed by atoms with E-state index in [9.17, 15) is 14.4 Å². The van der Waals surface area contributed by atoms with Crippen LogP contribution >= 0.6 is 0 Å². The number of rotatable bonds is 5. The number of carbonyl (C=O) groups excluding carboxylic acids is 3. The Labute approximate surface area is 143 Å². The fourth-order valence-electron chi connectivity index (χ4n) is 2.45. The smallest absolute Gasteiger partial charge is 0.359 e. The minimum Gasteiger partial charge on any atom is -0.451 e. The summed E-state index contributed by atoms with van der Waals surface area (Å²) in [6.07, 6.45) is 5.48. The van der Waals surface area contributed by atoms with Crippen LogP contribution in [-0.4, -0.2) is 40.9 Å². The monoisotopic (exact) mass is 340 g/mol. The van der Waals surface area contributed by atoms with E-state index in [1.807, 2.05) is 0 Å². The van der Waals surface area contributed by atoms with Crippen molar-refractivity contribution in [2.45, 2.75) is 12.8 Å². The second kappa shape index (κ2) is 7.52. The molecule has 25 heavy (non-hydrogen) atoms. The van der Waals surface area contributed by atoms with Gasteiger partial charge in [0.25, 0.3) is 5.91 Å². The highest BCUT2D eigenvalue weighted by molar-refractivity contribution is 5.97. The molecule has 1 aliphatic heterocycles. The number of aromatic nitrogens is 2. The van der Waals surface area contributed by atoms with E-state index in [-0.39, 0.29) is 11.6 Å². The van der Waals surface area contributed by atoms with Crippen LogP contribution in [0.2, 0.25) is 0 Å². The number of ether oxygens (including phenoxy) is 1. The van der Waals surface area contributed by atoms with Crippen LogP contribution in [-0.2, 0) is 14.3 Å². The van der Waals surface area contributed by atoms with Gasteiger partial charge in [0.15, 0.2) is 12.3 Å². The second-order valence-corrected chi connectivity index (χ2v) is 5.41. The molecular formula is C17H16N4O4. The molecule has 0 atom stereocenters. The van der Waals surface area contributed by atoms with Crippen LogP contribution in [0.15, 0.2) is 42.9 Å². The third-order valence-electron chi connectivity index (χ3n) is 3.64. The number of hydrogen-bond donors (Lipinski definition) is 1. The number of anilines is 2. The molecule has 0 radical (unpaired) electrons. The molecule has 1 aliphatic rings. The highest BCUT2D eigenvalue weighted by Crippen LogP contribution is 2.22. The zero-order chi connectivity index (χ0) is 17.6. The Kier molecular flexibility index (Phi) is 4.98. The lowest BCUT2D eigenvalue weighted by molar-refractivity contribution is -0.119. The average Bonchev–Trinajstić information content (AvgIpc) is 3.07. The van der Waals surface area contributed by atoms with Crippen molar-refractivity contribution < 1.29 is 19.1 Å². The predicted molar refractivity (Wildman–Crippen MR) is 89.0 cm³/mol. The van der Waals surface area contributed by atoms with Gasteiger partial charge in [-0.2, -0.15) is 0 Å². The van der Waals surface area contributed by atoms with Crippen molar-refractivity contribution in [1.29, 1.82) is 0 Å². The van der Waals surface area contributed by atoms with Crippen LogP contribution in [0, 0.1) is 0 Å². The summed E-state index contributed by atoms with van der Waals surface area (Å²) in [5.74, 6) is -1.08. The standard InChI is InChI=1S/C17H16N4O4/c22-15(11-25-17(24)14-10-18-7-8-19-14)20-12-3-5-13(6-4-12)21-9-1-2-16(21)23/h3-8,10H,1-2,9,11H2,(H,20,22). The molecule has 2 amide bonds. The van der Waals surface area contributed by atoms with Gasteiger partial charge in [-0.1, -0.05) is 0 Å². The molecule has 128 valence electrons.